The molecule has 2 N–H and O–H groups in total. The summed E-state index contributed by atoms with van der Waals surface area (Å²) in [6.45, 7) is 9.16. The van der Waals surface area contributed by atoms with Crippen molar-refractivity contribution in [1.29, 1.82) is 0 Å². The molecule has 1 heteroatoms. The van der Waals surface area contributed by atoms with Crippen molar-refractivity contribution in [3.05, 3.63) is 119 Å². The van der Waals surface area contributed by atoms with E-state index in [0.717, 1.165) is 24.1 Å². The van der Waals surface area contributed by atoms with Crippen molar-refractivity contribution in [2.24, 2.45) is 23.5 Å². The molecule has 0 spiro atoms. The molecule has 4 unspecified atom stereocenters. The van der Waals surface area contributed by atoms with Crippen molar-refractivity contribution in [3.8, 4) is 0 Å². The molecule has 2 aromatic carbocycles. The van der Waals surface area contributed by atoms with Gasteiger partial charge in [-0.3, -0.25) is 0 Å². The summed E-state index contributed by atoms with van der Waals surface area (Å²) in [6.07, 6.45) is 13.2. The fourth-order valence-electron chi connectivity index (χ4n) is 4.33. The molecule has 2 aromatic rings. The number of nitrogens with two attached hydrogens (primary N) is 1. The van der Waals surface area contributed by atoms with E-state index in [4.69, 9.17) is 5.73 Å². The van der Waals surface area contributed by atoms with Crippen molar-refractivity contribution in [1.82, 2.24) is 0 Å². The van der Waals surface area contributed by atoms with Crippen LogP contribution in [0.5, 0.6) is 0 Å². The lowest BCUT2D eigenvalue weighted by Crippen LogP contribution is -2.16. The van der Waals surface area contributed by atoms with Crippen LogP contribution in [-0.4, -0.2) is 0 Å². The molecule has 3 rings (SSSR count). The maximum Gasteiger partial charge on any atom is 0.0349 e. The lowest BCUT2D eigenvalue weighted by molar-refractivity contribution is 0.350. The summed E-state index contributed by atoms with van der Waals surface area (Å²) in [7, 11) is 0. The second-order valence-corrected chi connectivity index (χ2v) is 9.19. The van der Waals surface area contributed by atoms with Crippen LogP contribution in [0.2, 0.25) is 0 Å². The first-order valence-corrected chi connectivity index (χ1v) is 11.8. The number of hydrogen-bond donors (Lipinski definition) is 1. The minimum absolute atomic E-state index is 0.403. The van der Waals surface area contributed by atoms with Crippen molar-refractivity contribution < 1.29 is 0 Å². The third-order valence-electron chi connectivity index (χ3n) is 6.83. The Morgan fingerprint density at radius 2 is 1.62 bits per heavy atom. The van der Waals surface area contributed by atoms with E-state index in [9.17, 15) is 0 Å². The van der Waals surface area contributed by atoms with E-state index in [1.54, 1.807) is 0 Å². The van der Waals surface area contributed by atoms with Gasteiger partial charge in [0, 0.05) is 11.3 Å². The summed E-state index contributed by atoms with van der Waals surface area (Å²) in [6, 6.07) is 21.1. The van der Waals surface area contributed by atoms with Gasteiger partial charge in [0.15, 0.2) is 0 Å². The van der Waals surface area contributed by atoms with Gasteiger partial charge in [0.1, 0.15) is 0 Å². The molecule has 0 aliphatic heterocycles. The Hall–Kier alpha value is -3.02. The zero-order valence-electron chi connectivity index (χ0n) is 20.0. The smallest absolute Gasteiger partial charge is 0.0349 e. The van der Waals surface area contributed by atoms with Gasteiger partial charge in [-0.05, 0) is 66.2 Å². The number of rotatable bonds is 10. The minimum Gasteiger partial charge on any atom is -0.398 e. The van der Waals surface area contributed by atoms with Gasteiger partial charge in [-0.25, -0.2) is 0 Å². The molecule has 4 atom stereocenters. The van der Waals surface area contributed by atoms with Gasteiger partial charge in [0.25, 0.3) is 0 Å². The van der Waals surface area contributed by atoms with Crippen LogP contribution in [-0.2, 0) is 0 Å². The minimum atomic E-state index is 0.403. The fourth-order valence-corrected chi connectivity index (χ4v) is 4.33. The van der Waals surface area contributed by atoms with Crippen molar-refractivity contribution in [2.45, 2.75) is 46.5 Å². The van der Waals surface area contributed by atoms with E-state index in [1.165, 1.54) is 16.7 Å². The number of allylic oxidation sites excluding steroid dienone is 6. The third kappa shape index (κ3) is 6.49. The second-order valence-electron chi connectivity index (χ2n) is 9.19. The van der Waals surface area contributed by atoms with Gasteiger partial charge in [-0.15, -0.1) is 5.73 Å². The first kappa shape index (κ1) is 23.6. The van der Waals surface area contributed by atoms with E-state index in [1.807, 2.05) is 24.3 Å². The lowest BCUT2D eigenvalue weighted by Gasteiger charge is -2.27. The van der Waals surface area contributed by atoms with Crippen LogP contribution in [0, 0.1) is 17.8 Å². The van der Waals surface area contributed by atoms with E-state index in [-0.39, 0.29) is 0 Å². The summed E-state index contributed by atoms with van der Waals surface area (Å²) in [5.74, 6) is 1.85. The zero-order chi connectivity index (χ0) is 22.9. The molecule has 1 aliphatic rings. The Bertz CT molecular complexity index is 1020. The molecule has 0 bridgehead atoms. The molecule has 0 aromatic heterocycles. The summed E-state index contributed by atoms with van der Waals surface area (Å²) in [5, 5.41) is 0. The average Bonchev–Trinajstić information content (AvgIpc) is 3.23. The summed E-state index contributed by atoms with van der Waals surface area (Å²) >= 11 is 0. The first-order valence-electron chi connectivity index (χ1n) is 11.8. The summed E-state index contributed by atoms with van der Waals surface area (Å²) in [4.78, 5) is 0. The standard InChI is InChI=1S/C31H37N/c1-23-13-11-18-27(23)19-12-20-30(26(4)28-14-7-5-8-15-28)21-24(2)25(3)22-31(32)29-16-9-6-10-17-29/h5-17,20,22,24-26,30H,19,21,32H2,1-4H3/b20-12+,31-22-. The van der Waals surface area contributed by atoms with E-state index in [2.05, 4.69) is 100 Å². The Balaban J connectivity index is 1.73. The predicted molar refractivity (Wildman–Crippen MR) is 139 cm³/mol. The maximum atomic E-state index is 6.41. The number of benzene rings is 2. The lowest BCUT2D eigenvalue weighted by atomic mass is 9.78. The van der Waals surface area contributed by atoms with Crippen molar-refractivity contribution in [2.75, 3.05) is 0 Å². The van der Waals surface area contributed by atoms with Crippen LogP contribution in [0.3, 0.4) is 0 Å². The van der Waals surface area contributed by atoms with Crippen molar-refractivity contribution >= 4 is 5.70 Å². The van der Waals surface area contributed by atoms with Crippen molar-refractivity contribution in [3.63, 3.8) is 0 Å². The van der Waals surface area contributed by atoms with E-state index in [0.29, 0.717) is 23.7 Å². The van der Waals surface area contributed by atoms with Gasteiger partial charge in [0.2, 0.25) is 0 Å². The SMILES string of the molecule is CC1=CC=C=C1C/C=C/C(CC(C)C(C)/C=C(\N)c1ccccc1)C(C)c1ccccc1. The third-order valence-corrected chi connectivity index (χ3v) is 6.83. The molecule has 0 fully saturated rings. The molecule has 0 heterocycles. The summed E-state index contributed by atoms with van der Waals surface area (Å²) in [5.41, 5.74) is 15.8. The van der Waals surface area contributed by atoms with E-state index >= 15 is 0 Å². The summed E-state index contributed by atoms with van der Waals surface area (Å²) < 4.78 is 0. The van der Waals surface area contributed by atoms with Gasteiger partial charge < -0.3 is 5.73 Å². The molecule has 0 saturated heterocycles. The number of hydrogen-bond acceptors (Lipinski definition) is 1. The molecule has 0 radical (unpaired) electrons. The normalized spacial score (nSPS) is 17.7. The maximum absolute atomic E-state index is 6.41. The molecular formula is C31H37N. The van der Waals surface area contributed by atoms with Crippen LogP contribution in [0.25, 0.3) is 5.70 Å². The predicted octanol–water partition coefficient (Wildman–Crippen LogP) is 8.06. The molecule has 0 amide bonds. The molecular weight excluding hydrogens is 386 g/mol. The van der Waals surface area contributed by atoms with Crippen LogP contribution in [0.4, 0.5) is 0 Å². The molecule has 32 heavy (non-hydrogen) atoms. The van der Waals surface area contributed by atoms with E-state index < -0.39 is 0 Å². The Morgan fingerprint density at radius 1 is 0.969 bits per heavy atom. The van der Waals surface area contributed by atoms with Crippen LogP contribution < -0.4 is 5.73 Å². The highest BCUT2D eigenvalue weighted by molar-refractivity contribution is 5.62. The average molecular weight is 424 g/mol. The molecule has 0 saturated carbocycles. The molecule has 1 nitrogen and oxygen atoms in total. The van der Waals surface area contributed by atoms with Crippen LogP contribution in [0.15, 0.2) is 108 Å². The Labute approximate surface area is 194 Å². The Morgan fingerprint density at radius 3 is 2.25 bits per heavy atom. The second kappa shape index (κ2) is 11.6. The molecule has 166 valence electrons. The fraction of sp³-hybridized carbons (Fsp3) is 0.323. The first-order chi connectivity index (χ1) is 15.5. The van der Waals surface area contributed by atoms with Gasteiger partial charge in [-0.1, -0.05) is 106 Å². The molecule has 1 aliphatic carbocycles. The van der Waals surface area contributed by atoms with Crippen LogP contribution >= 0.6 is 0 Å². The largest absolute Gasteiger partial charge is 0.398 e. The van der Waals surface area contributed by atoms with Gasteiger partial charge in [0.05, 0.1) is 0 Å². The highest BCUT2D eigenvalue weighted by Crippen LogP contribution is 2.34. The zero-order valence-corrected chi connectivity index (χ0v) is 20.0. The van der Waals surface area contributed by atoms with Crippen LogP contribution in [0.1, 0.15) is 57.6 Å². The highest BCUT2D eigenvalue weighted by atomic mass is 14.6. The Kier molecular flexibility index (Phi) is 8.54. The topological polar surface area (TPSA) is 26.0 Å². The monoisotopic (exact) mass is 423 g/mol. The highest BCUT2D eigenvalue weighted by Gasteiger charge is 2.22. The van der Waals surface area contributed by atoms with Gasteiger partial charge >= 0.3 is 0 Å². The quantitative estimate of drug-likeness (QED) is 0.303. The van der Waals surface area contributed by atoms with Gasteiger partial charge in [-0.2, -0.15) is 0 Å².